The van der Waals surface area contributed by atoms with Crippen LogP contribution in [0.4, 0.5) is 0 Å². The monoisotopic (exact) mass is 470 g/mol. The Labute approximate surface area is 194 Å². The SMILES string of the molecule is O=Cc1ccc(OCCOCCOCCOCCOCCOC(=O)CCCCC(=O)O)cc1. The van der Waals surface area contributed by atoms with E-state index in [0.29, 0.717) is 77.0 Å². The van der Waals surface area contributed by atoms with Gasteiger partial charge in [-0.25, -0.2) is 0 Å². The van der Waals surface area contributed by atoms with E-state index in [2.05, 4.69) is 0 Å². The summed E-state index contributed by atoms with van der Waals surface area (Å²) in [5, 5.41) is 8.51. The lowest BCUT2D eigenvalue weighted by Crippen LogP contribution is -2.15. The van der Waals surface area contributed by atoms with Crippen molar-refractivity contribution < 1.29 is 47.9 Å². The second-order valence-corrected chi connectivity index (χ2v) is 6.81. The Morgan fingerprint density at radius 2 is 1.18 bits per heavy atom. The van der Waals surface area contributed by atoms with Gasteiger partial charge in [0.25, 0.3) is 0 Å². The molecule has 10 heteroatoms. The topological polar surface area (TPSA) is 127 Å². The van der Waals surface area contributed by atoms with E-state index in [-0.39, 0.29) is 32.0 Å². The molecule has 0 heterocycles. The van der Waals surface area contributed by atoms with Crippen LogP contribution in [0.2, 0.25) is 0 Å². The molecule has 0 atom stereocenters. The summed E-state index contributed by atoms with van der Waals surface area (Å²) in [6.07, 6.45) is 2.02. The number of hydrogen-bond acceptors (Lipinski definition) is 9. The van der Waals surface area contributed by atoms with E-state index in [1.165, 1.54) is 0 Å². The predicted molar refractivity (Wildman–Crippen MR) is 118 cm³/mol. The van der Waals surface area contributed by atoms with Crippen molar-refractivity contribution in [2.75, 3.05) is 66.1 Å². The van der Waals surface area contributed by atoms with Crippen LogP contribution in [0.5, 0.6) is 5.75 Å². The third kappa shape index (κ3) is 17.7. The minimum Gasteiger partial charge on any atom is -0.491 e. The molecule has 10 nitrogen and oxygen atoms in total. The fraction of sp³-hybridized carbons (Fsp3) is 0.609. The van der Waals surface area contributed by atoms with Crippen LogP contribution in [0.15, 0.2) is 24.3 Å². The normalized spacial score (nSPS) is 10.7. The Bertz CT molecular complexity index is 647. The largest absolute Gasteiger partial charge is 0.491 e. The maximum absolute atomic E-state index is 11.4. The van der Waals surface area contributed by atoms with Gasteiger partial charge >= 0.3 is 11.9 Å². The van der Waals surface area contributed by atoms with E-state index in [4.69, 9.17) is 33.5 Å². The average molecular weight is 471 g/mol. The first-order valence-electron chi connectivity index (χ1n) is 11.0. The molecule has 0 saturated carbocycles. The molecule has 0 aliphatic rings. The van der Waals surface area contributed by atoms with Crippen LogP contribution >= 0.6 is 0 Å². The molecule has 1 aromatic carbocycles. The number of hydrogen-bond donors (Lipinski definition) is 1. The van der Waals surface area contributed by atoms with Crippen LogP contribution in [0.1, 0.15) is 36.0 Å². The standard InChI is InChI=1S/C23H34O10/c24-19-20-5-7-21(8-6-20)32-17-15-30-13-11-28-9-10-29-12-14-31-16-18-33-23(27)4-2-1-3-22(25)26/h5-8,19H,1-4,9-18H2,(H,25,26). The van der Waals surface area contributed by atoms with Crippen molar-refractivity contribution in [2.45, 2.75) is 25.7 Å². The molecule has 0 aromatic heterocycles. The Balaban J connectivity index is 1.76. The number of aliphatic carboxylic acids is 1. The number of rotatable bonds is 22. The first-order chi connectivity index (χ1) is 16.1. The highest BCUT2D eigenvalue weighted by atomic mass is 16.6. The van der Waals surface area contributed by atoms with E-state index < -0.39 is 5.97 Å². The third-order valence-corrected chi connectivity index (χ3v) is 4.14. The van der Waals surface area contributed by atoms with Crippen molar-refractivity contribution in [1.82, 2.24) is 0 Å². The Kier molecular flexibility index (Phi) is 17.4. The van der Waals surface area contributed by atoms with Crippen molar-refractivity contribution in [2.24, 2.45) is 0 Å². The van der Waals surface area contributed by atoms with E-state index in [9.17, 15) is 14.4 Å². The molecule has 0 bridgehead atoms. The number of carboxylic acids is 1. The van der Waals surface area contributed by atoms with Crippen molar-refractivity contribution in [3.63, 3.8) is 0 Å². The van der Waals surface area contributed by atoms with Gasteiger partial charge in [0.05, 0.1) is 52.9 Å². The molecular formula is C23H34O10. The van der Waals surface area contributed by atoms with Gasteiger partial charge in [-0.15, -0.1) is 0 Å². The molecule has 0 saturated heterocycles. The van der Waals surface area contributed by atoms with Crippen LogP contribution in [0, 0.1) is 0 Å². The average Bonchev–Trinajstić information content (AvgIpc) is 2.81. The van der Waals surface area contributed by atoms with Gasteiger partial charge in [0.2, 0.25) is 0 Å². The number of aldehydes is 1. The lowest BCUT2D eigenvalue weighted by atomic mass is 10.2. The highest BCUT2D eigenvalue weighted by Crippen LogP contribution is 2.10. The van der Waals surface area contributed by atoms with Gasteiger partial charge in [-0.1, -0.05) is 0 Å². The van der Waals surface area contributed by atoms with Crippen molar-refractivity contribution in [1.29, 1.82) is 0 Å². The number of carboxylic acid groups (broad SMARTS) is 1. The summed E-state index contributed by atoms with van der Waals surface area (Å²) in [5.74, 6) is -0.523. The molecule has 0 spiro atoms. The lowest BCUT2D eigenvalue weighted by Gasteiger charge is -2.09. The van der Waals surface area contributed by atoms with Crippen LogP contribution in [-0.2, 0) is 33.3 Å². The minimum absolute atomic E-state index is 0.0615. The molecule has 0 unspecified atom stereocenters. The van der Waals surface area contributed by atoms with Crippen molar-refractivity contribution in [3.05, 3.63) is 29.8 Å². The fourth-order valence-corrected chi connectivity index (χ4v) is 2.46. The molecular weight excluding hydrogens is 436 g/mol. The van der Waals surface area contributed by atoms with Gasteiger partial charge in [-0.3, -0.25) is 14.4 Å². The number of carbonyl (C=O) groups excluding carboxylic acids is 2. The molecule has 0 aliphatic carbocycles. The maximum atomic E-state index is 11.4. The summed E-state index contributed by atoms with van der Waals surface area (Å²) in [6, 6.07) is 6.86. The predicted octanol–water partition coefficient (Wildman–Crippen LogP) is 2.13. The second-order valence-electron chi connectivity index (χ2n) is 6.81. The second kappa shape index (κ2) is 20.1. The molecule has 33 heavy (non-hydrogen) atoms. The summed E-state index contributed by atoms with van der Waals surface area (Å²) in [7, 11) is 0. The Morgan fingerprint density at radius 3 is 1.70 bits per heavy atom. The number of ether oxygens (including phenoxy) is 6. The third-order valence-electron chi connectivity index (χ3n) is 4.14. The van der Waals surface area contributed by atoms with Gasteiger partial charge in [-0.2, -0.15) is 0 Å². The number of benzene rings is 1. The van der Waals surface area contributed by atoms with E-state index >= 15 is 0 Å². The van der Waals surface area contributed by atoms with E-state index in [1.54, 1.807) is 24.3 Å². The molecule has 0 radical (unpaired) electrons. The zero-order chi connectivity index (χ0) is 24.0. The first-order valence-corrected chi connectivity index (χ1v) is 11.0. The van der Waals surface area contributed by atoms with Crippen LogP contribution < -0.4 is 4.74 Å². The van der Waals surface area contributed by atoms with Gasteiger partial charge < -0.3 is 33.5 Å². The Hall–Kier alpha value is -2.53. The smallest absolute Gasteiger partial charge is 0.305 e. The summed E-state index contributed by atoms with van der Waals surface area (Å²) < 4.78 is 32.0. The van der Waals surface area contributed by atoms with Crippen LogP contribution in [0.25, 0.3) is 0 Å². The zero-order valence-corrected chi connectivity index (χ0v) is 18.9. The Morgan fingerprint density at radius 1 is 0.697 bits per heavy atom. The molecule has 186 valence electrons. The molecule has 1 aromatic rings. The zero-order valence-electron chi connectivity index (χ0n) is 18.9. The summed E-state index contributed by atoms with van der Waals surface area (Å²) in [6.45, 7) is 3.89. The summed E-state index contributed by atoms with van der Waals surface area (Å²) in [5.41, 5.74) is 0.606. The van der Waals surface area contributed by atoms with Gasteiger partial charge in [0.15, 0.2) is 0 Å². The van der Waals surface area contributed by atoms with Gasteiger partial charge in [0.1, 0.15) is 25.2 Å². The van der Waals surface area contributed by atoms with Gasteiger partial charge in [0, 0.05) is 18.4 Å². The number of unbranched alkanes of at least 4 members (excludes halogenated alkanes) is 1. The van der Waals surface area contributed by atoms with Gasteiger partial charge in [-0.05, 0) is 37.1 Å². The number of esters is 1. The van der Waals surface area contributed by atoms with E-state index in [1.807, 2.05) is 0 Å². The van der Waals surface area contributed by atoms with Crippen molar-refractivity contribution in [3.8, 4) is 5.75 Å². The molecule has 1 rings (SSSR count). The molecule has 0 fully saturated rings. The van der Waals surface area contributed by atoms with Crippen LogP contribution in [-0.4, -0.2) is 89.4 Å². The van der Waals surface area contributed by atoms with Crippen molar-refractivity contribution >= 4 is 18.2 Å². The first kappa shape index (κ1) is 28.5. The quantitative estimate of drug-likeness (QED) is 0.153. The lowest BCUT2D eigenvalue weighted by molar-refractivity contribution is -0.146. The van der Waals surface area contributed by atoms with Crippen LogP contribution in [0.3, 0.4) is 0 Å². The van der Waals surface area contributed by atoms with E-state index in [0.717, 1.165) is 6.29 Å². The fourth-order valence-electron chi connectivity index (χ4n) is 2.46. The summed E-state index contributed by atoms with van der Waals surface area (Å²) >= 11 is 0. The minimum atomic E-state index is -0.863. The summed E-state index contributed by atoms with van der Waals surface area (Å²) in [4.78, 5) is 32.3. The molecule has 1 N–H and O–H groups in total. The maximum Gasteiger partial charge on any atom is 0.305 e. The molecule has 0 amide bonds. The molecule has 0 aliphatic heterocycles. The highest BCUT2D eigenvalue weighted by molar-refractivity contribution is 5.74. The number of carbonyl (C=O) groups is 3. The highest BCUT2D eigenvalue weighted by Gasteiger charge is 2.04.